The zero-order chi connectivity index (χ0) is 23.4. The molecule has 1 aromatic heterocycles. The Hall–Kier alpha value is -1.75. The standard InChI is InChI=1S/C22H44N10/c1-21(2)16-31(14-12-29(21)6)10-8-24-19-26-18(23-5)27-20(28-19)25-9-11-32-15-13-30(7)22(3,4)17-32/h8-17H2,1-7H3,(H3,23,24,25,26,27,28). The third kappa shape index (κ3) is 6.63. The third-order valence-electron chi connectivity index (χ3n) is 7.07. The van der Waals surface area contributed by atoms with Crippen molar-refractivity contribution in [2.24, 2.45) is 0 Å². The third-order valence-corrected chi connectivity index (χ3v) is 7.07. The predicted octanol–water partition coefficient (Wildman–Crippen LogP) is 0.789. The number of likely N-dealkylation sites (N-methyl/N-ethyl adjacent to an activating group) is 2. The van der Waals surface area contributed by atoms with E-state index in [-0.39, 0.29) is 11.1 Å². The molecule has 32 heavy (non-hydrogen) atoms. The average molecular weight is 449 g/mol. The topological polar surface area (TPSA) is 87.7 Å². The molecule has 0 atom stereocenters. The second-order valence-electron chi connectivity index (χ2n) is 10.4. The van der Waals surface area contributed by atoms with Crippen LogP contribution in [0, 0.1) is 0 Å². The van der Waals surface area contributed by atoms with Gasteiger partial charge in [-0.3, -0.25) is 19.6 Å². The number of hydrogen-bond donors (Lipinski definition) is 3. The van der Waals surface area contributed by atoms with Crippen molar-refractivity contribution in [3.63, 3.8) is 0 Å². The molecule has 0 radical (unpaired) electrons. The molecule has 10 nitrogen and oxygen atoms in total. The monoisotopic (exact) mass is 448 g/mol. The molecular formula is C22H44N10. The second kappa shape index (κ2) is 10.5. The van der Waals surface area contributed by atoms with Crippen molar-refractivity contribution >= 4 is 17.8 Å². The van der Waals surface area contributed by atoms with Crippen LogP contribution in [0.25, 0.3) is 0 Å². The molecule has 2 saturated heterocycles. The van der Waals surface area contributed by atoms with Gasteiger partial charge in [-0.15, -0.1) is 0 Å². The molecule has 0 bridgehead atoms. The van der Waals surface area contributed by atoms with E-state index in [2.05, 4.69) is 92.3 Å². The lowest BCUT2D eigenvalue weighted by Gasteiger charge is -2.45. The normalized spacial score (nSPS) is 22.6. The van der Waals surface area contributed by atoms with Crippen molar-refractivity contribution in [1.82, 2.24) is 34.6 Å². The van der Waals surface area contributed by atoms with Crippen molar-refractivity contribution in [2.75, 3.05) is 103 Å². The Morgan fingerprint density at radius 3 is 1.47 bits per heavy atom. The van der Waals surface area contributed by atoms with Gasteiger partial charge in [-0.05, 0) is 41.8 Å². The van der Waals surface area contributed by atoms with Crippen LogP contribution in [0.4, 0.5) is 17.8 Å². The summed E-state index contributed by atoms with van der Waals surface area (Å²) >= 11 is 0. The molecule has 0 spiro atoms. The summed E-state index contributed by atoms with van der Waals surface area (Å²) in [7, 11) is 6.25. The van der Waals surface area contributed by atoms with E-state index in [1.807, 2.05) is 7.05 Å². The maximum atomic E-state index is 4.59. The van der Waals surface area contributed by atoms with Gasteiger partial charge in [0.1, 0.15) is 0 Å². The van der Waals surface area contributed by atoms with Gasteiger partial charge in [0.2, 0.25) is 17.8 Å². The zero-order valence-electron chi connectivity index (χ0n) is 21.2. The van der Waals surface area contributed by atoms with E-state index in [1.165, 1.54) is 0 Å². The molecule has 0 unspecified atom stereocenters. The molecule has 3 rings (SSSR count). The number of rotatable bonds is 9. The van der Waals surface area contributed by atoms with Crippen LogP contribution in [0.5, 0.6) is 0 Å². The van der Waals surface area contributed by atoms with Crippen LogP contribution in [0.2, 0.25) is 0 Å². The van der Waals surface area contributed by atoms with Gasteiger partial charge in [-0.2, -0.15) is 15.0 Å². The molecule has 0 saturated carbocycles. The maximum absolute atomic E-state index is 4.59. The molecule has 0 amide bonds. The molecule has 182 valence electrons. The number of piperazine rings is 2. The van der Waals surface area contributed by atoms with E-state index in [4.69, 9.17) is 0 Å². The quantitative estimate of drug-likeness (QED) is 0.504. The van der Waals surface area contributed by atoms with Crippen molar-refractivity contribution in [3.05, 3.63) is 0 Å². The van der Waals surface area contributed by atoms with E-state index >= 15 is 0 Å². The summed E-state index contributed by atoms with van der Waals surface area (Å²) in [6.07, 6.45) is 0. The van der Waals surface area contributed by atoms with Crippen molar-refractivity contribution in [2.45, 2.75) is 38.8 Å². The van der Waals surface area contributed by atoms with Gasteiger partial charge in [0.05, 0.1) is 0 Å². The highest BCUT2D eigenvalue weighted by atomic mass is 15.3. The molecule has 10 heteroatoms. The first-order valence-corrected chi connectivity index (χ1v) is 11.9. The fourth-order valence-corrected chi connectivity index (χ4v) is 4.36. The average Bonchev–Trinajstić information content (AvgIpc) is 2.73. The minimum atomic E-state index is 0.209. The van der Waals surface area contributed by atoms with Gasteiger partial charge >= 0.3 is 0 Å². The summed E-state index contributed by atoms with van der Waals surface area (Å²) in [5.41, 5.74) is 0.418. The lowest BCUT2D eigenvalue weighted by Crippen LogP contribution is -2.58. The number of anilines is 3. The first kappa shape index (κ1) is 24.9. The highest BCUT2D eigenvalue weighted by Gasteiger charge is 2.31. The molecule has 2 aliphatic rings. The van der Waals surface area contributed by atoms with E-state index in [0.717, 1.165) is 65.4 Å². The lowest BCUT2D eigenvalue weighted by molar-refractivity contribution is 0.0423. The Kier molecular flexibility index (Phi) is 8.13. The predicted molar refractivity (Wildman–Crippen MR) is 133 cm³/mol. The Bertz CT molecular complexity index is 681. The van der Waals surface area contributed by atoms with Crippen molar-refractivity contribution in [3.8, 4) is 0 Å². The minimum Gasteiger partial charge on any atom is -0.357 e. The Balaban J connectivity index is 1.47. The van der Waals surface area contributed by atoms with Gasteiger partial charge in [-0.1, -0.05) is 0 Å². The van der Waals surface area contributed by atoms with E-state index in [9.17, 15) is 0 Å². The summed E-state index contributed by atoms with van der Waals surface area (Å²) in [6, 6.07) is 0. The largest absolute Gasteiger partial charge is 0.357 e. The van der Waals surface area contributed by atoms with E-state index in [1.54, 1.807) is 0 Å². The summed E-state index contributed by atoms with van der Waals surface area (Å²) in [5, 5.41) is 9.82. The number of nitrogens with one attached hydrogen (secondary N) is 3. The van der Waals surface area contributed by atoms with E-state index in [0.29, 0.717) is 17.8 Å². The van der Waals surface area contributed by atoms with Crippen LogP contribution in [-0.2, 0) is 0 Å². The SMILES string of the molecule is CNc1nc(NCCN2CCN(C)C(C)(C)C2)nc(NCCN2CCN(C)C(C)(C)C2)n1. The van der Waals surface area contributed by atoms with Gasteiger partial charge < -0.3 is 16.0 Å². The molecule has 3 N–H and O–H groups in total. The zero-order valence-corrected chi connectivity index (χ0v) is 21.2. The van der Waals surface area contributed by atoms with Gasteiger partial charge in [0, 0.05) is 83.6 Å². The van der Waals surface area contributed by atoms with Crippen LogP contribution < -0.4 is 16.0 Å². The second-order valence-corrected chi connectivity index (χ2v) is 10.4. The number of hydrogen-bond acceptors (Lipinski definition) is 10. The fraction of sp³-hybridized carbons (Fsp3) is 0.864. The van der Waals surface area contributed by atoms with Gasteiger partial charge in [0.25, 0.3) is 0 Å². The summed E-state index contributed by atoms with van der Waals surface area (Å²) in [5.74, 6) is 1.80. The summed E-state index contributed by atoms with van der Waals surface area (Å²) < 4.78 is 0. The van der Waals surface area contributed by atoms with E-state index < -0.39 is 0 Å². The lowest BCUT2D eigenvalue weighted by atomic mass is 10.00. The number of aromatic nitrogens is 3. The first-order chi connectivity index (χ1) is 15.1. The van der Waals surface area contributed by atoms with Crippen molar-refractivity contribution in [1.29, 1.82) is 0 Å². The molecule has 1 aromatic rings. The Morgan fingerprint density at radius 2 is 1.09 bits per heavy atom. The highest BCUT2D eigenvalue weighted by molar-refractivity contribution is 5.41. The number of nitrogens with zero attached hydrogens (tertiary/aromatic N) is 7. The van der Waals surface area contributed by atoms with Crippen LogP contribution >= 0.6 is 0 Å². The van der Waals surface area contributed by atoms with Gasteiger partial charge in [-0.25, -0.2) is 0 Å². The molecular weight excluding hydrogens is 404 g/mol. The molecule has 2 fully saturated rings. The molecule has 0 aromatic carbocycles. The van der Waals surface area contributed by atoms with Crippen molar-refractivity contribution < 1.29 is 0 Å². The van der Waals surface area contributed by atoms with Crippen LogP contribution in [0.1, 0.15) is 27.7 Å². The Labute approximate surface area is 194 Å². The summed E-state index contributed by atoms with van der Waals surface area (Å²) in [6.45, 7) is 19.3. The van der Waals surface area contributed by atoms with Crippen LogP contribution in [-0.4, -0.2) is 132 Å². The molecule has 3 heterocycles. The first-order valence-electron chi connectivity index (χ1n) is 11.9. The highest BCUT2D eigenvalue weighted by Crippen LogP contribution is 2.19. The van der Waals surface area contributed by atoms with Gasteiger partial charge in [0.15, 0.2) is 0 Å². The maximum Gasteiger partial charge on any atom is 0.229 e. The smallest absolute Gasteiger partial charge is 0.229 e. The summed E-state index contributed by atoms with van der Waals surface area (Å²) in [4.78, 5) is 23.4. The van der Waals surface area contributed by atoms with Crippen LogP contribution in [0.3, 0.4) is 0 Å². The minimum absolute atomic E-state index is 0.209. The molecule has 0 aliphatic carbocycles. The molecule has 2 aliphatic heterocycles. The van der Waals surface area contributed by atoms with Crippen LogP contribution in [0.15, 0.2) is 0 Å². The Morgan fingerprint density at radius 1 is 0.688 bits per heavy atom. The fourth-order valence-electron chi connectivity index (χ4n) is 4.36.